The lowest BCUT2D eigenvalue weighted by Crippen LogP contribution is -2.45. The summed E-state index contributed by atoms with van der Waals surface area (Å²) >= 11 is 5.89. The maximum atomic E-state index is 12.7. The number of nitrogens with one attached hydrogen (secondary N) is 2. The smallest absolute Gasteiger partial charge is 0.160 e. The van der Waals surface area contributed by atoms with Gasteiger partial charge in [-0.05, 0) is 49.8 Å². The molecule has 0 amide bonds. The Labute approximate surface area is 165 Å². The van der Waals surface area contributed by atoms with Crippen LogP contribution in [0.4, 0.5) is 0 Å². The standard InChI is InChI=1S/C21H27ClN2O3/c1-13(10-18(23)15-2-4-17(22)5-3-15)24-20-19(25)12-16(21(20)26)11-14-6-8-27-9-7-14/h2-5,13-14,16,20,23-24H,6-12H2,1H3. The minimum absolute atomic E-state index is 0.0121. The fourth-order valence-electron chi connectivity index (χ4n) is 4.03. The van der Waals surface area contributed by atoms with E-state index in [4.69, 9.17) is 21.7 Å². The molecule has 6 heteroatoms. The molecule has 0 radical (unpaired) electrons. The van der Waals surface area contributed by atoms with Crippen LogP contribution in [-0.2, 0) is 14.3 Å². The number of rotatable bonds is 7. The first-order valence-electron chi connectivity index (χ1n) is 9.67. The Balaban J connectivity index is 1.52. The van der Waals surface area contributed by atoms with Crippen LogP contribution < -0.4 is 5.32 Å². The topological polar surface area (TPSA) is 79.2 Å². The normalized spacial score (nSPS) is 25.0. The van der Waals surface area contributed by atoms with E-state index in [-0.39, 0.29) is 23.5 Å². The summed E-state index contributed by atoms with van der Waals surface area (Å²) in [7, 11) is 0. The van der Waals surface area contributed by atoms with Gasteiger partial charge in [0, 0.05) is 48.7 Å². The van der Waals surface area contributed by atoms with Crippen molar-refractivity contribution in [3.63, 3.8) is 0 Å². The summed E-state index contributed by atoms with van der Waals surface area (Å²) in [6, 6.07) is 6.29. The average molecular weight is 391 g/mol. The van der Waals surface area contributed by atoms with Crippen molar-refractivity contribution in [3.05, 3.63) is 34.9 Å². The van der Waals surface area contributed by atoms with Crippen molar-refractivity contribution in [1.29, 1.82) is 5.41 Å². The fourth-order valence-corrected chi connectivity index (χ4v) is 4.16. The van der Waals surface area contributed by atoms with Gasteiger partial charge in [0.25, 0.3) is 0 Å². The molecule has 1 aliphatic carbocycles. The van der Waals surface area contributed by atoms with E-state index in [1.807, 2.05) is 19.1 Å². The van der Waals surface area contributed by atoms with Crippen LogP contribution in [0.2, 0.25) is 5.02 Å². The Morgan fingerprint density at radius 3 is 2.59 bits per heavy atom. The number of halogens is 1. The summed E-state index contributed by atoms with van der Waals surface area (Å²) in [5.74, 6) is 0.328. The minimum Gasteiger partial charge on any atom is -0.381 e. The molecule has 2 fully saturated rings. The zero-order valence-corrected chi connectivity index (χ0v) is 16.4. The zero-order chi connectivity index (χ0) is 19.4. The van der Waals surface area contributed by atoms with E-state index in [9.17, 15) is 9.59 Å². The van der Waals surface area contributed by atoms with Crippen LogP contribution in [-0.4, -0.2) is 42.6 Å². The fraction of sp³-hybridized carbons (Fsp3) is 0.571. The second-order valence-corrected chi connectivity index (χ2v) is 8.19. The summed E-state index contributed by atoms with van der Waals surface area (Å²) in [5.41, 5.74) is 1.26. The maximum Gasteiger partial charge on any atom is 0.160 e. The summed E-state index contributed by atoms with van der Waals surface area (Å²) in [4.78, 5) is 25.1. The van der Waals surface area contributed by atoms with Crippen molar-refractivity contribution in [2.45, 2.75) is 51.1 Å². The van der Waals surface area contributed by atoms with E-state index in [0.29, 0.717) is 29.5 Å². The summed E-state index contributed by atoms with van der Waals surface area (Å²) in [5, 5.41) is 12.1. The first-order chi connectivity index (χ1) is 12.9. The van der Waals surface area contributed by atoms with E-state index in [1.54, 1.807) is 12.1 Å². The van der Waals surface area contributed by atoms with Crippen molar-refractivity contribution < 1.29 is 14.3 Å². The molecule has 2 aliphatic rings. The Morgan fingerprint density at radius 1 is 1.26 bits per heavy atom. The van der Waals surface area contributed by atoms with E-state index in [0.717, 1.165) is 38.0 Å². The molecule has 2 N–H and O–H groups in total. The van der Waals surface area contributed by atoms with Gasteiger partial charge in [-0.15, -0.1) is 0 Å². The predicted molar refractivity (Wildman–Crippen MR) is 106 cm³/mol. The molecule has 5 nitrogen and oxygen atoms in total. The van der Waals surface area contributed by atoms with Gasteiger partial charge in [0.15, 0.2) is 11.6 Å². The highest BCUT2D eigenvalue weighted by Gasteiger charge is 2.42. The highest BCUT2D eigenvalue weighted by atomic mass is 35.5. The number of hydrogen-bond donors (Lipinski definition) is 2. The van der Waals surface area contributed by atoms with Crippen LogP contribution in [0.1, 0.15) is 44.6 Å². The molecule has 3 unspecified atom stereocenters. The monoisotopic (exact) mass is 390 g/mol. The molecule has 1 aromatic carbocycles. The lowest BCUT2D eigenvalue weighted by molar-refractivity contribution is -0.126. The first-order valence-corrected chi connectivity index (χ1v) is 10.1. The second kappa shape index (κ2) is 9.09. The zero-order valence-electron chi connectivity index (χ0n) is 15.7. The molecule has 0 aromatic heterocycles. The second-order valence-electron chi connectivity index (χ2n) is 7.75. The Bertz CT molecular complexity index is 698. The SMILES string of the molecule is CC(CC(=N)c1ccc(Cl)cc1)NC1C(=O)CC(CC2CCOCC2)C1=O. The number of ketones is 2. The molecule has 1 saturated carbocycles. The van der Waals surface area contributed by atoms with Crippen LogP contribution in [0.5, 0.6) is 0 Å². The van der Waals surface area contributed by atoms with Crippen LogP contribution in [0.25, 0.3) is 0 Å². The predicted octanol–water partition coefficient (Wildman–Crippen LogP) is 3.42. The molecule has 3 rings (SSSR count). The van der Waals surface area contributed by atoms with Gasteiger partial charge in [0.05, 0.1) is 0 Å². The van der Waals surface area contributed by atoms with Gasteiger partial charge in [-0.25, -0.2) is 0 Å². The number of Topliss-reactive ketones (excluding diaryl/α,β-unsaturated/α-hetero) is 2. The van der Waals surface area contributed by atoms with Gasteiger partial charge < -0.3 is 10.1 Å². The highest BCUT2D eigenvalue weighted by molar-refractivity contribution is 6.30. The molecular weight excluding hydrogens is 364 g/mol. The first kappa shape index (κ1) is 20.2. The quantitative estimate of drug-likeness (QED) is 0.552. The largest absolute Gasteiger partial charge is 0.381 e. The van der Waals surface area contributed by atoms with E-state index in [2.05, 4.69) is 5.32 Å². The maximum absolute atomic E-state index is 12.7. The van der Waals surface area contributed by atoms with Crippen molar-refractivity contribution in [1.82, 2.24) is 5.32 Å². The van der Waals surface area contributed by atoms with Gasteiger partial charge in [-0.3, -0.25) is 14.9 Å². The lowest BCUT2D eigenvalue weighted by Gasteiger charge is -2.24. The van der Waals surface area contributed by atoms with Crippen LogP contribution in [0.15, 0.2) is 24.3 Å². The van der Waals surface area contributed by atoms with Gasteiger partial charge in [-0.2, -0.15) is 0 Å². The molecule has 27 heavy (non-hydrogen) atoms. The molecule has 3 atom stereocenters. The Hall–Kier alpha value is -1.56. The summed E-state index contributed by atoms with van der Waals surface area (Å²) in [6.07, 6.45) is 3.54. The minimum atomic E-state index is -0.720. The van der Waals surface area contributed by atoms with Gasteiger partial charge >= 0.3 is 0 Å². The molecule has 1 aliphatic heterocycles. The number of ether oxygens (including phenoxy) is 1. The van der Waals surface area contributed by atoms with E-state index in [1.165, 1.54) is 0 Å². The molecule has 1 saturated heterocycles. The van der Waals surface area contributed by atoms with Crippen molar-refractivity contribution in [3.8, 4) is 0 Å². The molecule has 146 valence electrons. The molecule has 0 spiro atoms. The van der Waals surface area contributed by atoms with Crippen molar-refractivity contribution >= 4 is 28.9 Å². The third-order valence-corrected chi connectivity index (χ3v) is 5.82. The van der Waals surface area contributed by atoms with Crippen LogP contribution in [0, 0.1) is 17.2 Å². The van der Waals surface area contributed by atoms with Crippen molar-refractivity contribution in [2.24, 2.45) is 11.8 Å². The molecule has 1 aromatic rings. The molecule has 0 bridgehead atoms. The number of carbonyl (C=O) groups is 2. The third kappa shape index (κ3) is 5.24. The van der Waals surface area contributed by atoms with Crippen LogP contribution in [0.3, 0.4) is 0 Å². The molecule has 1 heterocycles. The van der Waals surface area contributed by atoms with Crippen molar-refractivity contribution in [2.75, 3.05) is 13.2 Å². The van der Waals surface area contributed by atoms with Gasteiger partial charge in [0.1, 0.15) is 6.04 Å². The average Bonchev–Trinajstić information content (AvgIpc) is 2.90. The lowest BCUT2D eigenvalue weighted by atomic mass is 9.87. The van der Waals surface area contributed by atoms with E-state index < -0.39 is 6.04 Å². The Kier molecular flexibility index (Phi) is 6.79. The number of benzene rings is 1. The summed E-state index contributed by atoms with van der Waals surface area (Å²) < 4.78 is 5.37. The summed E-state index contributed by atoms with van der Waals surface area (Å²) in [6.45, 7) is 3.42. The van der Waals surface area contributed by atoms with Gasteiger partial charge in [-0.1, -0.05) is 23.7 Å². The number of hydrogen-bond acceptors (Lipinski definition) is 5. The highest BCUT2D eigenvalue weighted by Crippen LogP contribution is 2.30. The third-order valence-electron chi connectivity index (χ3n) is 5.57. The van der Waals surface area contributed by atoms with Crippen LogP contribution >= 0.6 is 11.6 Å². The number of carbonyl (C=O) groups excluding carboxylic acids is 2. The molecular formula is C21H27ClN2O3. The van der Waals surface area contributed by atoms with Gasteiger partial charge in [0.2, 0.25) is 0 Å². The Morgan fingerprint density at radius 2 is 1.93 bits per heavy atom. The van der Waals surface area contributed by atoms with E-state index >= 15 is 0 Å².